The summed E-state index contributed by atoms with van der Waals surface area (Å²) in [6, 6.07) is 1.89. The van der Waals surface area contributed by atoms with Crippen LogP contribution in [-0.2, 0) is 6.42 Å². The van der Waals surface area contributed by atoms with Gasteiger partial charge in [0.2, 0.25) is 0 Å². The van der Waals surface area contributed by atoms with Crippen LogP contribution in [0.15, 0.2) is 6.07 Å². The lowest BCUT2D eigenvalue weighted by Crippen LogP contribution is -2.46. The summed E-state index contributed by atoms with van der Waals surface area (Å²) in [4.78, 5) is 13.7. The molecule has 0 aromatic carbocycles. The Bertz CT molecular complexity index is 402. The van der Waals surface area contributed by atoms with E-state index in [1.165, 1.54) is 13.0 Å². The number of anilines is 1. The van der Waals surface area contributed by atoms with Gasteiger partial charge in [0.1, 0.15) is 16.8 Å². The molecule has 106 valence electrons. The Morgan fingerprint density at radius 1 is 1.11 bits per heavy atom. The second kappa shape index (κ2) is 7.06. The summed E-state index contributed by atoms with van der Waals surface area (Å²) in [5.41, 5.74) is 0. The van der Waals surface area contributed by atoms with E-state index in [2.05, 4.69) is 33.6 Å². The Balaban J connectivity index is 2.02. The van der Waals surface area contributed by atoms with Crippen LogP contribution in [0.5, 0.6) is 0 Å². The van der Waals surface area contributed by atoms with Gasteiger partial charge in [-0.25, -0.2) is 9.97 Å². The SMILES string of the molecule is CCCc1nc(Cl)cc(N2CCN(CCC)CC2)n1. The van der Waals surface area contributed by atoms with Gasteiger partial charge in [-0.15, -0.1) is 0 Å². The second-order valence-corrected chi connectivity index (χ2v) is 5.43. The van der Waals surface area contributed by atoms with E-state index in [4.69, 9.17) is 11.6 Å². The smallest absolute Gasteiger partial charge is 0.134 e. The highest BCUT2D eigenvalue weighted by atomic mass is 35.5. The summed E-state index contributed by atoms with van der Waals surface area (Å²) in [6.07, 6.45) is 3.16. The third-order valence-corrected chi connectivity index (χ3v) is 3.63. The maximum atomic E-state index is 6.10. The molecular formula is C14H23ClN4. The predicted octanol–water partition coefficient (Wildman–Crippen LogP) is 2.61. The van der Waals surface area contributed by atoms with Gasteiger partial charge < -0.3 is 4.90 Å². The van der Waals surface area contributed by atoms with E-state index in [1.54, 1.807) is 0 Å². The van der Waals surface area contributed by atoms with Gasteiger partial charge in [-0.3, -0.25) is 4.90 Å². The molecule has 19 heavy (non-hydrogen) atoms. The molecule has 0 aliphatic carbocycles. The summed E-state index contributed by atoms with van der Waals surface area (Å²) in [7, 11) is 0. The topological polar surface area (TPSA) is 32.3 Å². The molecule has 0 spiro atoms. The van der Waals surface area contributed by atoms with E-state index in [9.17, 15) is 0 Å². The molecule has 1 aliphatic rings. The second-order valence-electron chi connectivity index (χ2n) is 5.04. The third kappa shape index (κ3) is 4.05. The van der Waals surface area contributed by atoms with Crippen LogP contribution in [0, 0.1) is 0 Å². The molecule has 2 rings (SSSR count). The summed E-state index contributed by atoms with van der Waals surface area (Å²) in [6.45, 7) is 9.83. The van der Waals surface area contributed by atoms with E-state index in [0.717, 1.165) is 50.7 Å². The molecule has 0 bridgehead atoms. The fraction of sp³-hybridized carbons (Fsp3) is 0.714. The van der Waals surface area contributed by atoms with Gasteiger partial charge >= 0.3 is 0 Å². The number of nitrogens with zero attached hydrogens (tertiary/aromatic N) is 4. The molecule has 0 atom stereocenters. The number of hydrogen-bond donors (Lipinski definition) is 0. The Morgan fingerprint density at radius 3 is 2.47 bits per heavy atom. The molecule has 1 fully saturated rings. The van der Waals surface area contributed by atoms with E-state index in [-0.39, 0.29) is 0 Å². The maximum absolute atomic E-state index is 6.10. The largest absolute Gasteiger partial charge is 0.354 e. The van der Waals surface area contributed by atoms with Crippen molar-refractivity contribution >= 4 is 17.4 Å². The quantitative estimate of drug-likeness (QED) is 0.777. The Hall–Kier alpha value is -0.870. The van der Waals surface area contributed by atoms with Gasteiger partial charge in [0, 0.05) is 38.7 Å². The minimum atomic E-state index is 0.560. The monoisotopic (exact) mass is 282 g/mol. The summed E-state index contributed by atoms with van der Waals surface area (Å²) >= 11 is 6.10. The zero-order chi connectivity index (χ0) is 13.7. The van der Waals surface area contributed by atoms with E-state index in [0.29, 0.717) is 5.15 Å². The standard InChI is InChI=1S/C14H23ClN4/c1-3-5-13-16-12(15)11-14(17-13)19-9-7-18(6-4-2)8-10-19/h11H,3-10H2,1-2H3. The van der Waals surface area contributed by atoms with Gasteiger partial charge in [-0.2, -0.15) is 0 Å². The first kappa shape index (κ1) is 14.5. The molecule has 4 nitrogen and oxygen atoms in total. The van der Waals surface area contributed by atoms with Crippen LogP contribution in [0.4, 0.5) is 5.82 Å². The molecule has 5 heteroatoms. The Labute approximate surface area is 120 Å². The lowest BCUT2D eigenvalue weighted by molar-refractivity contribution is 0.258. The molecule has 0 saturated carbocycles. The van der Waals surface area contributed by atoms with Crippen LogP contribution in [0.1, 0.15) is 32.5 Å². The number of aromatic nitrogens is 2. The summed E-state index contributed by atoms with van der Waals surface area (Å²) in [5.74, 6) is 1.85. The zero-order valence-corrected chi connectivity index (χ0v) is 12.7. The van der Waals surface area contributed by atoms with E-state index >= 15 is 0 Å². The fourth-order valence-electron chi connectivity index (χ4n) is 2.47. The van der Waals surface area contributed by atoms with Crippen molar-refractivity contribution in [3.8, 4) is 0 Å². The molecule has 0 N–H and O–H groups in total. The van der Waals surface area contributed by atoms with Crippen molar-refractivity contribution < 1.29 is 0 Å². The van der Waals surface area contributed by atoms with Crippen LogP contribution >= 0.6 is 11.6 Å². The van der Waals surface area contributed by atoms with Crippen molar-refractivity contribution in [2.24, 2.45) is 0 Å². The number of hydrogen-bond acceptors (Lipinski definition) is 4. The molecule has 0 unspecified atom stereocenters. The minimum absolute atomic E-state index is 0.560. The van der Waals surface area contributed by atoms with Gasteiger partial charge in [-0.1, -0.05) is 25.4 Å². The third-order valence-electron chi connectivity index (χ3n) is 3.44. The van der Waals surface area contributed by atoms with Crippen LogP contribution in [-0.4, -0.2) is 47.6 Å². The molecular weight excluding hydrogens is 260 g/mol. The van der Waals surface area contributed by atoms with Crippen LogP contribution in [0.3, 0.4) is 0 Å². The number of halogens is 1. The Kier molecular flexibility index (Phi) is 5.40. The van der Waals surface area contributed by atoms with Crippen LogP contribution < -0.4 is 4.90 Å². The van der Waals surface area contributed by atoms with Crippen molar-refractivity contribution in [2.75, 3.05) is 37.6 Å². The molecule has 1 aromatic rings. The van der Waals surface area contributed by atoms with Crippen molar-refractivity contribution in [1.29, 1.82) is 0 Å². The lowest BCUT2D eigenvalue weighted by Gasteiger charge is -2.35. The van der Waals surface area contributed by atoms with Crippen LogP contribution in [0.2, 0.25) is 5.15 Å². The van der Waals surface area contributed by atoms with Crippen LogP contribution in [0.25, 0.3) is 0 Å². The minimum Gasteiger partial charge on any atom is -0.354 e. The Morgan fingerprint density at radius 2 is 1.84 bits per heavy atom. The van der Waals surface area contributed by atoms with Gasteiger partial charge in [-0.05, 0) is 19.4 Å². The van der Waals surface area contributed by atoms with E-state index < -0.39 is 0 Å². The average molecular weight is 283 g/mol. The number of aryl methyl sites for hydroxylation is 1. The normalized spacial score (nSPS) is 16.9. The van der Waals surface area contributed by atoms with Gasteiger partial charge in [0.25, 0.3) is 0 Å². The van der Waals surface area contributed by atoms with Crippen molar-refractivity contribution in [2.45, 2.75) is 33.1 Å². The van der Waals surface area contributed by atoms with Crippen molar-refractivity contribution in [3.05, 3.63) is 17.0 Å². The molecule has 1 aromatic heterocycles. The molecule has 2 heterocycles. The van der Waals surface area contributed by atoms with E-state index in [1.807, 2.05) is 6.07 Å². The number of piperazine rings is 1. The van der Waals surface area contributed by atoms with Gasteiger partial charge in [0.05, 0.1) is 0 Å². The van der Waals surface area contributed by atoms with Crippen molar-refractivity contribution in [1.82, 2.24) is 14.9 Å². The molecule has 1 aliphatic heterocycles. The highest BCUT2D eigenvalue weighted by Crippen LogP contribution is 2.18. The fourth-order valence-corrected chi connectivity index (χ4v) is 2.66. The lowest BCUT2D eigenvalue weighted by atomic mass is 10.3. The predicted molar refractivity (Wildman–Crippen MR) is 80.0 cm³/mol. The molecule has 0 amide bonds. The first-order valence-electron chi connectivity index (χ1n) is 7.23. The molecule has 0 radical (unpaired) electrons. The summed E-state index contributed by atoms with van der Waals surface area (Å²) < 4.78 is 0. The molecule has 1 saturated heterocycles. The number of rotatable bonds is 5. The maximum Gasteiger partial charge on any atom is 0.134 e. The summed E-state index contributed by atoms with van der Waals surface area (Å²) in [5, 5.41) is 0.560. The average Bonchev–Trinajstić information content (AvgIpc) is 2.40. The zero-order valence-electron chi connectivity index (χ0n) is 11.9. The van der Waals surface area contributed by atoms with Gasteiger partial charge in [0.15, 0.2) is 0 Å². The first-order chi connectivity index (χ1) is 9.22. The highest BCUT2D eigenvalue weighted by molar-refractivity contribution is 6.29. The first-order valence-corrected chi connectivity index (χ1v) is 7.61. The highest BCUT2D eigenvalue weighted by Gasteiger charge is 2.18. The van der Waals surface area contributed by atoms with Crippen molar-refractivity contribution in [3.63, 3.8) is 0 Å².